The van der Waals surface area contributed by atoms with Crippen molar-refractivity contribution in [2.45, 2.75) is 64.3 Å². The Morgan fingerprint density at radius 2 is 0.972 bits per heavy atom. The van der Waals surface area contributed by atoms with Gasteiger partial charge in [0.1, 0.15) is 49.8 Å². The number of benzene rings is 1. The van der Waals surface area contributed by atoms with Gasteiger partial charge in [-0.25, -0.2) is 0 Å². The van der Waals surface area contributed by atoms with Crippen LogP contribution in [0.5, 0.6) is 0 Å². The fraction of sp³-hybridized carbons (Fsp3) is 0.462. The molecule has 0 bridgehead atoms. The molecule has 194 valence electrons. The van der Waals surface area contributed by atoms with Crippen LogP contribution in [0.3, 0.4) is 0 Å². The van der Waals surface area contributed by atoms with Crippen LogP contribution >= 0.6 is 0 Å². The molecule has 0 N–H and O–H groups in total. The van der Waals surface area contributed by atoms with E-state index in [0.29, 0.717) is 0 Å². The molecule has 0 saturated heterocycles. The first-order valence-corrected chi connectivity index (χ1v) is 11.5. The van der Waals surface area contributed by atoms with Crippen molar-refractivity contribution in [1.29, 1.82) is 0 Å². The topological polar surface area (TPSA) is 124 Å². The molecular weight excluding hydrogens is 472 g/mol. The number of rotatable bonds is 8. The van der Waals surface area contributed by atoms with Crippen LogP contribution in [0.15, 0.2) is 48.6 Å². The van der Waals surface area contributed by atoms with Crippen LogP contribution in [-0.2, 0) is 47.6 Å². The first-order chi connectivity index (χ1) is 17.1. The fourth-order valence-corrected chi connectivity index (χ4v) is 3.83. The molecule has 2 aliphatic rings. The van der Waals surface area contributed by atoms with E-state index >= 15 is 0 Å². The van der Waals surface area contributed by atoms with E-state index in [0.717, 1.165) is 11.1 Å². The molecule has 0 spiro atoms. The summed E-state index contributed by atoms with van der Waals surface area (Å²) < 4.78 is 32.8. The lowest BCUT2D eigenvalue weighted by molar-refractivity contribution is -0.165. The third kappa shape index (κ3) is 7.76. The number of hydrogen-bond donors (Lipinski definition) is 0. The number of ether oxygens (including phenoxy) is 6. The Morgan fingerprint density at radius 1 is 0.611 bits per heavy atom. The van der Waals surface area contributed by atoms with E-state index in [2.05, 4.69) is 0 Å². The monoisotopic (exact) mass is 502 g/mol. The molecule has 10 nitrogen and oxygen atoms in total. The minimum atomic E-state index is -0.669. The smallest absolute Gasteiger partial charge is 0.303 e. The summed E-state index contributed by atoms with van der Waals surface area (Å²) in [6.07, 6.45) is 3.47. The van der Waals surface area contributed by atoms with Crippen LogP contribution in [0, 0.1) is 0 Å². The molecule has 3 rings (SSSR count). The Balaban J connectivity index is 1.72. The molecule has 2 aliphatic heterocycles. The van der Waals surface area contributed by atoms with Gasteiger partial charge in [-0.05, 0) is 23.3 Å². The van der Waals surface area contributed by atoms with E-state index < -0.39 is 60.5 Å². The van der Waals surface area contributed by atoms with Crippen molar-refractivity contribution in [2.24, 2.45) is 0 Å². The second-order valence-electron chi connectivity index (χ2n) is 8.38. The van der Waals surface area contributed by atoms with E-state index in [4.69, 9.17) is 28.4 Å². The van der Waals surface area contributed by atoms with Gasteiger partial charge in [0, 0.05) is 27.7 Å². The van der Waals surface area contributed by atoms with Gasteiger partial charge in [-0.2, -0.15) is 0 Å². The molecule has 0 amide bonds. The maximum absolute atomic E-state index is 11.4. The van der Waals surface area contributed by atoms with E-state index in [9.17, 15) is 19.2 Å². The Hall–Kier alpha value is -3.50. The van der Waals surface area contributed by atoms with Crippen LogP contribution in [0.25, 0.3) is 0 Å². The summed E-state index contributed by atoms with van der Waals surface area (Å²) in [5.74, 6) is -1.85. The predicted octanol–water partition coefficient (Wildman–Crippen LogP) is 2.67. The first kappa shape index (κ1) is 27.1. The van der Waals surface area contributed by atoms with Crippen molar-refractivity contribution in [3.8, 4) is 0 Å². The molecule has 1 aromatic carbocycles. The normalized spacial score (nSPS) is 27.1. The molecule has 0 fully saturated rings. The number of carbonyl (C=O) groups excluding carboxylic acids is 4. The van der Waals surface area contributed by atoms with E-state index in [-0.39, 0.29) is 13.2 Å². The molecule has 10 heteroatoms. The lowest BCUT2D eigenvalue weighted by atomic mass is 9.98. The van der Waals surface area contributed by atoms with Crippen LogP contribution in [0.1, 0.15) is 51.0 Å². The lowest BCUT2D eigenvalue weighted by Crippen LogP contribution is -2.39. The highest BCUT2D eigenvalue weighted by atomic mass is 16.6. The minimum Gasteiger partial charge on any atom is -0.463 e. The zero-order valence-corrected chi connectivity index (χ0v) is 20.6. The van der Waals surface area contributed by atoms with E-state index in [1.165, 1.54) is 27.7 Å². The largest absolute Gasteiger partial charge is 0.463 e. The highest BCUT2D eigenvalue weighted by molar-refractivity contribution is 5.67. The highest BCUT2D eigenvalue weighted by Gasteiger charge is 2.33. The number of esters is 4. The molecule has 0 aromatic heterocycles. The standard InChI is InChI=1S/C26H30O10/c1-15(27)31-13-25-23(33-17(3)29)11-9-21(35-25)19-5-7-20(8-6-19)22-10-12-24(34-18(4)30)26(36-22)14-32-16(2)28/h5-12,21-26H,13-14H2,1-4H3. The molecular formula is C26H30O10. The third-order valence-corrected chi connectivity index (χ3v) is 5.43. The Kier molecular flexibility index (Phi) is 9.38. The zero-order chi connectivity index (χ0) is 26.2. The van der Waals surface area contributed by atoms with Gasteiger partial charge in [-0.15, -0.1) is 0 Å². The van der Waals surface area contributed by atoms with Crippen molar-refractivity contribution in [1.82, 2.24) is 0 Å². The molecule has 6 unspecified atom stereocenters. The van der Waals surface area contributed by atoms with Crippen molar-refractivity contribution >= 4 is 23.9 Å². The van der Waals surface area contributed by atoms with Gasteiger partial charge in [0.2, 0.25) is 0 Å². The predicted molar refractivity (Wildman–Crippen MR) is 124 cm³/mol. The second-order valence-corrected chi connectivity index (χ2v) is 8.38. The summed E-state index contributed by atoms with van der Waals surface area (Å²) in [6, 6.07) is 7.48. The molecule has 2 heterocycles. The SMILES string of the molecule is CC(=O)OCC1OC(c2ccc(C3C=CC(OC(C)=O)C(COC(C)=O)O3)cc2)C=CC1OC(C)=O. The lowest BCUT2D eigenvalue weighted by Gasteiger charge is -2.32. The van der Waals surface area contributed by atoms with Crippen LogP contribution < -0.4 is 0 Å². The van der Waals surface area contributed by atoms with Crippen molar-refractivity contribution in [3.05, 3.63) is 59.7 Å². The van der Waals surface area contributed by atoms with Crippen LogP contribution in [-0.4, -0.2) is 61.5 Å². The highest BCUT2D eigenvalue weighted by Crippen LogP contribution is 2.32. The van der Waals surface area contributed by atoms with Gasteiger partial charge in [0.05, 0.1) is 0 Å². The average molecular weight is 503 g/mol. The van der Waals surface area contributed by atoms with Gasteiger partial charge < -0.3 is 28.4 Å². The second kappa shape index (κ2) is 12.5. The summed E-state index contributed by atoms with van der Waals surface area (Å²) in [6.45, 7) is 5.08. The summed E-state index contributed by atoms with van der Waals surface area (Å²) >= 11 is 0. The Morgan fingerprint density at radius 3 is 1.28 bits per heavy atom. The maximum Gasteiger partial charge on any atom is 0.303 e. The summed E-state index contributed by atoms with van der Waals surface area (Å²) in [4.78, 5) is 45.3. The molecule has 36 heavy (non-hydrogen) atoms. The summed E-state index contributed by atoms with van der Waals surface area (Å²) in [7, 11) is 0. The Bertz CT molecular complexity index is 931. The van der Waals surface area contributed by atoms with Gasteiger partial charge >= 0.3 is 23.9 Å². The molecule has 6 atom stereocenters. The zero-order valence-electron chi connectivity index (χ0n) is 20.6. The van der Waals surface area contributed by atoms with Gasteiger partial charge in [0.15, 0.2) is 0 Å². The van der Waals surface area contributed by atoms with Crippen molar-refractivity contribution in [2.75, 3.05) is 13.2 Å². The average Bonchev–Trinajstić information content (AvgIpc) is 2.82. The third-order valence-electron chi connectivity index (χ3n) is 5.43. The van der Waals surface area contributed by atoms with Gasteiger partial charge in [0.25, 0.3) is 0 Å². The Labute approximate surface area is 209 Å². The molecule has 0 radical (unpaired) electrons. The summed E-state index contributed by atoms with van der Waals surface area (Å²) in [5, 5.41) is 0. The first-order valence-electron chi connectivity index (χ1n) is 11.5. The minimum absolute atomic E-state index is 0.0554. The maximum atomic E-state index is 11.4. The summed E-state index contributed by atoms with van der Waals surface area (Å²) in [5.41, 5.74) is 1.66. The number of carbonyl (C=O) groups is 4. The molecule has 1 aromatic rings. The fourth-order valence-electron chi connectivity index (χ4n) is 3.83. The van der Waals surface area contributed by atoms with Crippen molar-refractivity contribution in [3.63, 3.8) is 0 Å². The van der Waals surface area contributed by atoms with Crippen LogP contribution in [0.4, 0.5) is 0 Å². The van der Waals surface area contributed by atoms with Crippen molar-refractivity contribution < 1.29 is 47.6 Å². The van der Waals surface area contributed by atoms with E-state index in [1.807, 2.05) is 24.3 Å². The van der Waals surface area contributed by atoms with Gasteiger partial charge in [-0.3, -0.25) is 19.2 Å². The molecule has 0 saturated carbocycles. The molecule has 0 aliphatic carbocycles. The number of hydrogen-bond acceptors (Lipinski definition) is 10. The van der Waals surface area contributed by atoms with Gasteiger partial charge in [-0.1, -0.05) is 36.4 Å². The van der Waals surface area contributed by atoms with E-state index in [1.54, 1.807) is 24.3 Å². The quantitative estimate of drug-likeness (QED) is 0.298. The van der Waals surface area contributed by atoms with Crippen LogP contribution in [0.2, 0.25) is 0 Å².